The van der Waals surface area contributed by atoms with Gasteiger partial charge in [-0.2, -0.15) is 0 Å². The first-order valence-corrected chi connectivity index (χ1v) is 12.5. The van der Waals surface area contributed by atoms with Gasteiger partial charge in [-0.1, -0.05) is 68.3 Å². The number of ether oxygens (including phenoxy) is 1. The Kier molecular flexibility index (Phi) is 9.93. The van der Waals surface area contributed by atoms with Crippen LogP contribution in [0.15, 0.2) is 42.5 Å². The summed E-state index contributed by atoms with van der Waals surface area (Å²) >= 11 is 6.36. The number of rotatable bonds is 8. The molecule has 0 bridgehead atoms. The minimum absolute atomic E-state index is 0.195. The van der Waals surface area contributed by atoms with Gasteiger partial charge >= 0.3 is 6.09 Å². The summed E-state index contributed by atoms with van der Waals surface area (Å²) in [6.07, 6.45) is -0.0433. The number of carbonyl (C=O) groups excluding carboxylic acids is 3. The van der Waals surface area contributed by atoms with Crippen molar-refractivity contribution < 1.29 is 19.1 Å². The van der Waals surface area contributed by atoms with Gasteiger partial charge in [-0.15, -0.1) is 0 Å². The van der Waals surface area contributed by atoms with Crippen molar-refractivity contribution in [2.75, 3.05) is 12.4 Å². The van der Waals surface area contributed by atoms with Gasteiger partial charge in [-0.25, -0.2) is 4.79 Å². The van der Waals surface area contributed by atoms with E-state index in [1.54, 1.807) is 40.0 Å². The van der Waals surface area contributed by atoms with Crippen molar-refractivity contribution in [3.63, 3.8) is 0 Å². The number of alkyl carbamates (subject to hydrolysis) is 1. The molecule has 2 aromatic carbocycles. The number of carbonyl (C=O) groups is 3. The van der Waals surface area contributed by atoms with Gasteiger partial charge in [0.05, 0.1) is 10.7 Å². The standard InChI is InChI=1S/C28H38ClN3O4/c1-9-17(2)23(31-27(35)36-28(5,6)7)26(34)32(8)24(20-15-11-10-13-18(20)3)25(33)30-22-19(4)14-12-16-21(22)29/h10-17,23-24H,9H2,1-8H3,(H,30,33)(H,31,35). The number of aryl methyl sites for hydroxylation is 2. The summed E-state index contributed by atoms with van der Waals surface area (Å²) in [5.74, 6) is -0.995. The summed E-state index contributed by atoms with van der Waals surface area (Å²) in [6.45, 7) is 12.8. The molecular weight excluding hydrogens is 478 g/mol. The van der Waals surface area contributed by atoms with Gasteiger partial charge in [0.25, 0.3) is 5.91 Å². The van der Waals surface area contributed by atoms with Crippen molar-refractivity contribution in [3.05, 3.63) is 64.2 Å². The number of halogens is 1. The molecule has 3 unspecified atom stereocenters. The molecule has 3 atom stereocenters. The van der Waals surface area contributed by atoms with Gasteiger partial charge in [0, 0.05) is 7.05 Å². The fraction of sp³-hybridized carbons (Fsp3) is 0.464. The lowest BCUT2D eigenvalue weighted by Gasteiger charge is -2.34. The number of nitrogens with zero attached hydrogens (tertiary/aromatic N) is 1. The zero-order valence-electron chi connectivity index (χ0n) is 22.4. The van der Waals surface area contributed by atoms with E-state index in [0.717, 1.165) is 11.1 Å². The largest absolute Gasteiger partial charge is 0.444 e. The first kappa shape index (κ1) is 29.2. The first-order chi connectivity index (χ1) is 16.8. The quantitative estimate of drug-likeness (QED) is 0.449. The summed E-state index contributed by atoms with van der Waals surface area (Å²) < 4.78 is 5.40. The molecule has 0 radical (unpaired) electrons. The van der Waals surface area contributed by atoms with Crippen LogP contribution in [0.25, 0.3) is 0 Å². The summed E-state index contributed by atoms with van der Waals surface area (Å²) in [7, 11) is 1.57. The van der Waals surface area contributed by atoms with Gasteiger partial charge in [0.15, 0.2) is 0 Å². The number of likely N-dealkylation sites (N-methyl/N-ethyl adjacent to an activating group) is 1. The molecule has 0 aliphatic carbocycles. The lowest BCUT2D eigenvalue weighted by atomic mass is 9.95. The van der Waals surface area contributed by atoms with E-state index in [4.69, 9.17) is 16.3 Å². The van der Waals surface area contributed by atoms with Crippen LogP contribution >= 0.6 is 11.6 Å². The van der Waals surface area contributed by atoms with Crippen LogP contribution in [-0.4, -0.2) is 41.5 Å². The van der Waals surface area contributed by atoms with Crippen LogP contribution in [0.4, 0.5) is 10.5 Å². The van der Waals surface area contributed by atoms with Crippen molar-refractivity contribution in [1.29, 1.82) is 0 Å². The molecule has 0 saturated carbocycles. The van der Waals surface area contributed by atoms with E-state index in [-0.39, 0.29) is 5.92 Å². The van der Waals surface area contributed by atoms with Crippen molar-refractivity contribution >= 4 is 35.2 Å². The highest BCUT2D eigenvalue weighted by Gasteiger charge is 2.37. The van der Waals surface area contributed by atoms with Crippen LogP contribution in [0.2, 0.25) is 5.02 Å². The number of para-hydroxylation sites is 1. The average Bonchev–Trinajstić information content (AvgIpc) is 2.79. The summed E-state index contributed by atoms with van der Waals surface area (Å²) in [5.41, 5.74) is 2.12. The number of benzene rings is 2. The number of anilines is 1. The van der Waals surface area contributed by atoms with Crippen LogP contribution < -0.4 is 10.6 Å². The maximum Gasteiger partial charge on any atom is 0.408 e. The van der Waals surface area contributed by atoms with Gasteiger partial charge < -0.3 is 20.3 Å². The number of amides is 3. The third-order valence-corrected chi connectivity index (χ3v) is 6.40. The Labute approximate surface area is 219 Å². The Bertz CT molecular complexity index is 1080. The lowest BCUT2D eigenvalue weighted by Crippen LogP contribution is -2.53. The molecule has 8 heteroatoms. The molecule has 2 rings (SSSR count). The van der Waals surface area contributed by atoms with E-state index >= 15 is 0 Å². The first-order valence-electron chi connectivity index (χ1n) is 12.1. The molecule has 7 nitrogen and oxygen atoms in total. The minimum Gasteiger partial charge on any atom is -0.444 e. The maximum absolute atomic E-state index is 13.8. The minimum atomic E-state index is -0.957. The molecule has 2 aromatic rings. The van der Waals surface area contributed by atoms with Crippen molar-refractivity contribution in [2.45, 2.75) is 72.6 Å². The van der Waals surface area contributed by atoms with Crippen molar-refractivity contribution in [2.24, 2.45) is 5.92 Å². The van der Waals surface area contributed by atoms with Gasteiger partial charge in [-0.05, 0) is 63.3 Å². The highest BCUT2D eigenvalue weighted by molar-refractivity contribution is 6.34. The Morgan fingerprint density at radius 1 is 1.03 bits per heavy atom. The Balaban J connectivity index is 2.46. The number of hydrogen-bond acceptors (Lipinski definition) is 4. The summed E-state index contributed by atoms with van der Waals surface area (Å²) in [4.78, 5) is 41.5. The van der Waals surface area contributed by atoms with Crippen LogP contribution in [0.3, 0.4) is 0 Å². The second kappa shape index (κ2) is 12.3. The highest BCUT2D eigenvalue weighted by atomic mass is 35.5. The molecular formula is C28H38ClN3O4. The van der Waals surface area contributed by atoms with Crippen molar-refractivity contribution in [3.8, 4) is 0 Å². The Hall–Kier alpha value is -3.06. The summed E-state index contributed by atoms with van der Waals surface area (Å²) in [6, 6.07) is 10.9. The van der Waals surface area contributed by atoms with Crippen molar-refractivity contribution in [1.82, 2.24) is 10.2 Å². The Morgan fingerprint density at radius 3 is 2.19 bits per heavy atom. The number of nitrogens with one attached hydrogen (secondary N) is 2. The van der Waals surface area contributed by atoms with E-state index in [1.165, 1.54) is 4.90 Å². The van der Waals surface area contributed by atoms with E-state index in [1.807, 2.05) is 58.0 Å². The molecule has 0 aliphatic heterocycles. The molecule has 36 heavy (non-hydrogen) atoms. The molecule has 0 saturated heterocycles. The van der Waals surface area contributed by atoms with E-state index in [2.05, 4.69) is 10.6 Å². The SMILES string of the molecule is CCC(C)C(NC(=O)OC(C)(C)C)C(=O)N(C)C(C(=O)Nc1c(C)cccc1Cl)c1ccccc1C. The monoisotopic (exact) mass is 515 g/mol. The Morgan fingerprint density at radius 2 is 1.64 bits per heavy atom. The smallest absolute Gasteiger partial charge is 0.408 e. The third-order valence-electron chi connectivity index (χ3n) is 6.09. The van der Waals surface area contributed by atoms with E-state index < -0.39 is 35.6 Å². The van der Waals surface area contributed by atoms with Gasteiger partial charge in [0.2, 0.25) is 5.91 Å². The topological polar surface area (TPSA) is 87.7 Å². The molecule has 196 valence electrons. The fourth-order valence-electron chi connectivity index (χ4n) is 3.87. The predicted molar refractivity (Wildman–Crippen MR) is 144 cm³/mol. The number of hydrogen-bond donors (Lipinski definition) is 2. The average molecular weight is 516 g/mol. The summed E-state index contributed by atoms with van der Waals surface area (Å²) in [5, 5.41) is 6.05. The molecule has 2 N–H and O–H groups in total. The predicted octanol–water partition coefficient (Wildman–Crippen LogP) is 6.03. The van der Waals surface area contributed by atoms with Gasteiger partial charge in [-0.3, -0.25) is 9.59 Å². The molecule has 3 amide bonds. The second-order valence-corrected chi connectivity index (χ2v) is 10.5. The van der Waals surface area contributed by atoms with E-state index in [9.17, 15) is 14.4 Å². The maximum atomic E-state index is 13.8. The molecule has 0 aliphatic rings. The third kappa shape index (κ3) is 7.47. The zero-order chi connectivity index (χ0) is 27.2. The second-order valence-electron chi connectivity index (χ2n) is 10.1. The van der Waals surface area contributed by atoms with Gasteiger partial charge in [0.1, 0.15) is 17.7 Å². The fourth-order valence-corrected chi connectivity index (χ4v) is 4.13. The van der Waals surface area contributed by atoms with Crippen LogP contribution in [-0.2, 0) is 14.3 Å². The normalized spacial score (nSPS) is 13.8. The molecule has 0 aromatic heterocycles. The lowest BCUT2D eigenvalue weighted by molar-refractivity contribution is -0.140. The van der Waals surface area contributed by atoms with Crippen LogP contribution in [0, 0.1) is 19.8 Å². The van der Waals surface area contributed by atoms with E-state index in [0.29, 0.717) is 22.7 Å². The van der Waals surface area contributed by atoms with Crippen LogP contribution in [0.1, 0.15) is 63.8 Å². The molecule has 0 heterocycles. The zero-order valence-corrected chi connectivity index (χ0v) is 23.2. The highest BCUT2D eigenvalue weighted by Crippen LogP contribution is 2.30. The van der Waals surface area contributed by atoms with Crippen LogP contribution in [0.5, 0.6) is 0 Å². The molecule has 0 fully saturated rings. The molecule has 0 spiro atoms.